The zero-order valence-electron chi connectivity index (χ0n) is 14.6. The highest BCUT2D eigenvalue weighted by Crippen LogP contribution is 2.23. The molecule has 0 heterocycles. The molecule has 0 saturated carbocycles. The Hall–Kier alpha value is -2.47. The number of rotatable bonds is 7. The molecule has 0 aliphatic carbocycles. The van der Waals surface area contributed by atoms with Gasteiger partial charge < -0.3 is 15.0 Å². The molecular formula is C19H22F2N2O2. The lowest BCUT2D eigenvalue weighted by Crippen LogP contribution is -2.34. The summed E-state index contributed by atoms with van der Waals surface area (Å²) in [6.45, 7) is 2.85. The summed E-state index contributed by atoms with van der Waals surface area (Å²) in [4.78, 5) is 14.3. The number of nitrogens with zero attached hydrogens (tertiary/aromatic N) is 1. The molecule has 25 heavy (non-hydrogen) atoms. The summed E-state index contributed by atoms with van der Waals surface area (Å²) in [7, 11) is 3.97. The van der Waals surface area contributed by atoms with E-state index in [1.165, 1.54) is 6.07 Å². The SMILES string of the molecule is CC(CCN(C)C)NC(=O)c1ccc(Oc2ccc(F)c(F)c2)cc1. The molecule has 0 fully saturated rings. The fourth-order valence-corrected chi connectivity index (χ4v) is 2.18. The first-order valence-electron chi connectivity index (χ1n) is 8.03. The van der Waals surface area contributed by atoms with Gasteiger partial charge >= 0.3 is 0 Å². The third-order valence-electron chi connectivity index (χ3n) is 3.63. The zero-order chi connectivity index (χ0) is 18.4. The van der Waals surface area contributed by atoms with Crippen LogP contribution in [0.15, 0.2) is 42.5 Å². The summed E-state index contributed by atoms with van der Waals surface area (Å²) in [5.74, 6) is -1.44. The van der Waals surface area contributed by atoms with Gasteiger partial charge in [0.25, 0.3) is 5.91 Å². The van der Waals surface area contributed by atoms with Crippen molar-refractivity contribution >= 4 is 5.91 Å². The van der Waals surface area contributed by atoms with Crippen LogP contribution in [0.1, 0.15) is 23.7 Å². The first-order chi connectivity index (χ1) is 11.8. The lowest BCUT2D eigenvalue weighted by atomic mass is 10.1. The summed E-state index contributed by atoms with van der Waals surface area (Å²) in [6.07, 6.45) is 0.857. The van der Waals surface area contributed by atoms with Gasteiger partial charge in [-0.15, -0.1) is 0 Å². The highest BCUT2D eigenvalue weighted by atomic mass is 19.2. The fraction of sp³-hybridized carbons (Fsp3) is 0.316. The molecule has 0 aliphatic heterocycles. The molecular weight excluding hydrogens is 326 g/mol. The predicted molar refractivity (Wildman–Crippen MR) is 93.0 cm³/mol. The number of amides is 1. The van der Waals surface area contributed by atoms with E-state index in [4.69, 9.17) is 4.74 Å². The van der Waals surface area contributed by atoms with Crippen molar-refractivity contribution in [2.24, 2.45) is 0 Å². The Bertz CT molecular complexity index is 718. The summed E-state index contributed by atoms with van der Waals surface area (Å²) in [5.41, 5.74) is 0.509. The Morgan fingerprint density at radius 1 is 1.08 bits per heavy atom. The maximum absolute atomic E-state index is 13.2. The molecule has 0 spiro atoms. The van der Waals surface area contributed by atoms with Gasteiger partial charge in [0.1, 0.15) is 11.5 Å². The van der Waals surface area contributed by atoms with E-state index >= 15 is 0 Å². The molecule has 1 N–H and O–H groups in total. The van der Waals surface area contributed by atoms with E-state index in [1.807, 2.05) is 21.0 Å². The van der Waals surface area contributed by atoms with Crippen molar-refractivity contribution in [3.63, 3.8) is 0 Å². The number of hydrogen-bond donors (Lipinski definition) is 1. The maximum atomic E-state index is 13.2. The lowest BCUT2D eigenvalue weighted by Gasteiger charge is -2.16. The van der Waals surface area contributed by atoms with Crippen molar-refractivity contribution in [2.75, 3.05) is 20.6 Å². The summed E-state index contributed by atoms with van der Waals surface area (Å²) >= 11 is 0. The number of nitrogens with one attached hydrogen (secondary N) is 1. The van der Waals surface area contributed by atoms with Crippen LogP contribution in [0.5, 0.6) is 11.5 Å². The Balaban J connectivity index is 1.94. The Kier molecular flexibility index (Phi) is 6.47. The van der Waals surface area contributed by atoms with Gasteiger partial charge in [0.15, 0.2) is 11.6 Å². The number of ether oxygens (including phenoxy) is 1. The second kappa shape index (κ2) is 8.58. The molecule has 1 unspecified atom stereocenters. The second-order valence-electron chi connectivity index (χ2n) is 6.17. The van der Waals surface area contributed by atoms with Crippen LogP contribution in [-0.2, 0) is 0 Å². The van der Waals surface area contributed by atoms with Crippen molar-refractivity contribution in [2.45, 2.75) is 19.4 Å². The average molecular weight is 348 g/mol. The van der Waals surface area contributed by atoms with Crippen molar-refractivity contribution in [1.82, 2.24) is 10.2 Å². The quantitative estimate of drug-likeness (QED) is 0.827. The smallest absolute Gasteiger partial charge is 0.251 e. The van der Waals surface area contributed by atoms with Crippen LogP contribution in [0.3, 0.4) is 0 Å². The molecule has 1 amide bonds. The highest BCUT2D eigenvalue weighted by molar-refractivity contribution is 5.94. The van der Waals surface area contributed by atoms with Crippen molar-refractivity contribution in [3.05, 3.63) is 59.7 Å². The Labute approximate surface area is 146 Å². The molecule has 2 aromatic carbocycles. The van der Waals surface area contributed by atoms with Crippen LogP contribution in [0, 0.1) is 11.6 Å². The van der Waals surface area contributed by atoms with Gasteiger partial charge in [-0.1, -0.05) is 0 Å². The molecule has 1 atom stereocenters. The lowest BCUT2D eigenvalue weighted by molar-refractivity contribution is 0.0937. The highest BCUT2D eigenvalue weighted by Gasteiger charge is 2.10. The topological polar surface area (TPSA) is 41.6 Å². The van der Waals surface area contributed by atoms with Crippen LogP contribution < -0.4 is 10.1 Å². The monoisotopic (exact) mass is 348 g/mol. The van der Waals surface area contributed by atoms with Crippen molar-refractivity contribution in [1.29, 1.82) is 0 Å². The molecule has 0 radical (unpaired) electrons. The van der Waals surface area contributed by atoms with Crippen LogP contribution in [0.4, 0.5) is 8.78 Å². The van der Waals surface area contributed by atoms with E-state index in [1.54, 1.807) is 24.3 Å². The second-order valence-corrected chi connectivity index (χ2v) is 6.17. The van der Waals surface area contributed by atoms with E-state index in [2.05, 4.69) is 10.2 Å². The molecule has 0 bridgehead atoms. The molecule has 4 nitrogen and oxygen atoms in total. The molecule has 0 saturated heterocycles. The van der Waals surface area contributed by atoms with Crippen LogP contribution in [0.25, 0.3) is 0 Å². The van der Waals surface area contributed by atoms with Gasteiger partial charge in [0.05, 0.1) is 0 Å². The standard InChI is InChI=1S/C19H22F2N2O2/c1-13(10-11-23(2)3)22-19(24)14-4-6-15(7-5-14)25-16-8-9-17(20)18(21)12-16/h4-9,12-13H,10-11H2,1-3H3,(H,22,24). The fourth-order valence-electron chi connectivity index (χ4n) is 2.18. The molecule has 6 heteroatoms. The predicted octanol–water partition coefficient (Wildman–Crippen LogP) is 3.83. The van der Waals surface area contributed by atoms with E-state index in [-0.39, 0.29) is 17.7 Å². The Morgan fingerprint density at radius 2 is 1.72 bits per heavy atom. The first-order valence-corrected chi connectivity index (χ1v) is 8.03. The minimum atomic E-state index is -0.972. The van der Waals surface area contributed by atoms with Crippen LogP contribution in [-0.4, -0.2) is 37.5 Å². The van der Waals surface area contributed by atoms with Gasteiger partial charge in [-0.3, -0.25) is 4.79 Å². The number of halogens is 2. The first kappa shape index (κ1) is 18.9. The average Bonchev–Trinajstić information content (AvgIpc) is 2.57. The summed E-state index contributed by atoms with van der Waals surface area (Å²) < 4.78 is 31.5. The molecule has 2 rings (SSSR count). The third kappa shape index (κ3) is 5.83. The minimum Gasteiger partial charge on any atom is -0.457 e. The van der Waals surface area contributed by atoms with Crippen molar-refractivity contribution < 1.29 is 18.3 Å². The molecule has 0 aromatic heterocycles. The van der Waals surface area contributed by atoms with Gasteiger partial charge in [0.2, 0.25) is 0 Å². The summed E-state index contributed by atoms with van der Waals surface area (Å²) in [6, 6.07) is 9.86. The van der Waals surface area contributed by atoms with Crippen LogP contribution >= 0.6 is 0 Å². The van der Waals surface area contributed by atoms with Gasteiger partial charge in [-0.25, -0.2) is 8.78 Å². The largest absolute Gasteiger partial charge is 0.457 e. The van der Waals surface area contributed by atoms with Gasteiger partial charge in [-0.2, -0.15) is 0 Å². The maximum Gasteiger partial charge on any atom is 0.251 e. The number of carbonyl (C=O) groups is 1. The van der Waals surface area contributed by atoms with E-state index in [9.17, 15) is 13.6 Å². The normalized spacial score (nSPS) is 12.1. The summed E-state index contributed by atoms with van der Waals surface area (Å²) in [5, 5.41) is 2.94. The number of hydrogen-bond acceptors (Lipinski definition) is 3. The number of carbonyl (C=O) groups excluding carboxylic acids is 1. The zero-order valence-corrected chi connectivity index (χ0v) is 14.6. The van der Waals surface area contributed by atoms with E-state index in [0.29, 0.717) is 11.3 Å². The van der Waals surface area contributed by atoms with E-state index < -0.39 is 11.6 Å². The number of benzene rings is 2. The molecule has 2 aromatic rings. The Morgan fingerprint density at radius 3 is 2.32 bits per heavy atom. The molecule has 0 aliphatic rings. The molecule has 134 valence electrons. The third-order valence-corrected chi connectivity index (χ3v) is 3.63. The van der Waals surface area contributed by atoms with E-state index in [0.717, 1.165) is 25.1 Å². The van der Waals surface area contributed by atoms with Gasteiger partial charge in [-0.05, 0) is 70.4 Å². The van der Waals surface area contributed by atoms with Crippen LogP contribution in [0.2, 0.25) is 0 Å². The minimum absolute atomic E-state index is 0.0630. The van der Waals surface area contributed by atoms with Crippen molar-refractivity contribution in [3.8, 4) is 11.5 Å². The van der Waals surface area contributed by atoms with Gasteiger partial charge in [0, 0.05) is 17.7 Å².